The van der Waals surface area contributed by atoms with Crippen LogP contribution in [0.25, 0.3) is 5.65 Å². The molecule has 3 aliphatic rings. The van der Waals surface area contributed by atoms with Crippen LogP contribution in [0.4, 0.5) is 22.1 Å². The Kier molecular flexibility index (Phi) is 9.47. The predicted molar refractivity (Wildman–Crippen MR) is 202 cm³/mol. The van der Waals surface area contributed by atoms with E-state index in [9.17, 15) is 14.4 Å². The van der Waals surface area contributed by atoms with Crippen molar-refractivity contribution in [3.05, 3.63) is 59.6 Å². The summed E-state index contributed by atoms with van der Waals surface area (Å²) in [5.41, 5.74) is 3.84. The number of ether oxygens (including phenoxy) is 1. The number of hydrogen-bond donors (Lipinski definition) is 2. The van der Waals surface area contributed by atoms with Crippen molar-refractivity contribution in [3.63, 3.8) is 0 Å². The lowest BCUT2D eigenvalue weighted by Gasteiger charge is -2.36. The number of nitrogens with one attached hydrogen (secondary N) is 2. The first-order valence-electron chi connectivity index (χ1n) is 18.2. The highest BCUT2D eigenvalue weighted by Crippen LogP contribution is 2.47. The highest BCUT2D eigenvalue weighted by molar-refractivity contribution is 6.74. The number of carbonyl (C=O) groups excluding carboxylic acids is 3. The molecule has 0 unspecified atom stereocenters. The van der Waals surface area contributed by atoms with Crippen LogP contribution >= 0.6 is 0 Å². The molecule has 0 radical (unpaired) electrons. The highest BCUT2D eigenvalue weighted by Gasteiger charge is 2.46. The summed E-state index contributed by atoms with van der Waals surface area (Å²) in [5.74, 6) is 1.05. The maximum absolute atomic E-state index is 13.4. The number of likely N-dealkylation sites (N-methyl/N-ethyl adjacent to an activating group) is 1. The van der Waals surface area contributed by atoms with Gasteiger partial charge in [-0.15, -0.1) is 0 Å². The average molecular weight is 741 g/mol. The van der Waals surface area contributed by atoms with Crippen LogP contribution in [0, 0.1) is 12.8 Å². The predicted octanol–water partition coefficient (Wildman–Crippen LogP) is 5.81. The number of nitrogens with zero attached hydrogens (tertiary/aromatic N) is 8. The van der Waals surface area contributed by atoms with Crippen molar-refractivity contribution in [3.8, 4) is 6.01 Å². The van der Waals surface area contributed by atoms with Crippen LogP contribution < -0.4 is 20.3 Å². The molecular formula is C37H48N10O5Si. The summed E-state index contributed by atoms with van der Waals surface area (Å²) >= 11 is 0. The van der Waals surface area contributed by atoms with Crippen LogP contribution in [0.2, 0.25) is 18.1 Å². The molecule has 2 N–H and O–H groups in total. The van der Waals surface area contributed by atoms with Crippen LogP contribution in [0.3, 0.4) is 0 Å². The fourth-order valence-electron chi connectivity index (χ4n) is 6.16. The second kappa shape index (κ2) is 13.8. The lowest BCUT2D eigenvalue weighted by atomic mass is 10.1. The number of aryl methyl sites for hydroxylation is 1. The smallest absolute Gasteiger partial charge is 0.331 e. The Labute approximate surface area is 310 Å². The first-order valence-corrected chi connectivity index (χ1v) is 21.1. The Bertz CT molecular complexity index is 2080. The molecule has 4 amide bonds. The molecule has 3 atom stereocenters. The van der Waals surface area contributed by atoms with Gasteiger partial charge in [0.05, 0.1) is 24.0 Å². The number of amides is 4. The molecule has 1 saturated heterocycles. The zero-order chi connectivity index (χ0) is 37.8. The van der Waals surface area contributed by atoms with Crippen LogP contribution in [-0.2, 0) is 14.0 Å². The second-order valence-corrected chi connectivity index (χ2v) is 20.7. The van der Waals surface area contributed by atoms with Gasteiger partial charge >= 0.3 is 12.0 Å². The van der Waals surface area contributed by atoms with E-state index < -0.39 is 8.32 Å². The van der Waals surface area contributed by atoms with Gasteiger partial charge in [-0.25, -0.2) is 19.7 Å². The molecular weight excluding hydrogens is 693 g/mol. The highest BCUT2D eigenvalue weighted by atomic mass is 28.4. The van der Waals surface area contributed by atoms with Crippen molar-refractivity contribution in [1.29, 1.82) is 0 Å². The van der Waals surface area contributed by atoms with Gasteiger partial charge in [0.15, 0.2) is 14.0 Å². The molecule has 0 bridgehead atoms. The lowest BCUT2D eigenvalue weighted by molar-refractivity contribution is -0.124. The third-order valence-corrected chi connectivity index (χ3v) is 15.3. The number of anilines is 3. The normalized spacial score (nSPS) is 19.5. The quantitative estimate of drug-likeness (QED) is 0.0963. The van der Waals surface area contributed by atoms with Crippen LogP contribution in [0.1, 0.15) is 87.6 Å². The van der Waals surface area contributed by atoms with E-state index in [-0.39, 0.29) is 59.9 Å². The number of urea groups is 1. The van der Waals surface area contributed by atoms with Crippen molar-refractivity contribution in [2.45, 2.75) is 89.9 Å². The third kappa shape index (κ3) is 7.74. The van der Waals surface area contributed by atoms with Gasteiger partial charge in [0.1, 0.15) is 30.6 Å². The van der Waals surface area contributed by atoms with Gasteiger partial charge < -0.3 is 24.2 Å². The largest absolute Gasteiger partial charge is 0.461 e. The van der Waals surface area contributed by atoms with Gasteiger partial charge in [-0.05, 0) is 74.9 Å². The molecule has 4 aromatic heterocycles. The van der Waals surface area contributed by atoms with Crippen molar-refractivity contribution in [2.24, 2.45) is 5.92 Å². The molecule has 15 nitrogen and oxygen atoms in total. The number of pyridine rings is 1. The molecule has 7 rings (SSSR count). The van der Waals surface area contributed by atoms with E-state index in [0.717, 1.165) is 29.0 Å². The molecule has 5 heterocycles. The summed E-state index contributed by atoms with van der Waals surface area (Å²) in [4.78, 5) is 64.5. The Morgan fingerprint density at radius 3 is 2.49 bits per heavy atom. The van der Waals surface area contributed by atoms with Crippen molar-refractivity contribution < 1.29 is 23.5 Å². The fraction of sp³-hybridized carbons (Fsp3) is 0.514. The van der Waals surface area contributed by atoms with Crippen molar-refractivity contribution in [2.75, 3.05) is 42.3 Å². The van der Waals surface area contributed by atoms with E-state index in [2.05, 4.69) is 70.6 Å². The monoisotopic (exact) mass is 740 g/mol. The minimum absolute atomic E-state index is 0.0339. The molecule has 4 aromatic rings. The molecule has 0 aromatic carbocycles. The number of rotatable bonds is 13. The molecule has 3 fully saturated rings. The van der Waals surface area contributed by atoms with E-state index in [0.29, 0.717) is 53.4 Å². The topological polar surface area (TPSA) is 169 Å². The van der Waals surface area contributed by atoms with Crippen LogP contribution in [0.15, 0.2) is 36.8 Å². The lowest BCUT2D eigenvalue weighted by Crippen LogP contribution is -2.41. The molecule has 16 heteroatoms. The molecule has 280 valence electrons. The maximum Gasteiger partial charge on any atom is 0.331 e. The first-order chi connectivity index (χ1) is 25.1. The van der Waals surface area contributed by atoms with Crippen LogP contribution in [-0.4, -0.2) is 87.2 Å². The van der Waals surface area contributed by atoms with E-state index in [4.69, 9.17) is 14.1 Å². The Morgan fingerprint density at radius 2 is 1.81 bits per heavy atom. The van der Waals surface area contributed by atoms with E-state index >= 15 is 0 Å². The fourth-order valence-corrected chi connectivity index (χ4v) is 7.19. The van der Waals surface area contributed by atoms with Crippen molar-refractivity contribution in [1.82, 2.24) is 34.2 Å². The number of carbonyl (C=O) groups is 3. The molecule has 53 heavy (non-hydrogen) atoms. The molecule has 2 aliphatic carbocycles. The zero-order valence-corrected chi connectivity index (χ0v) is 32.6. The summed E-state index contributed by atoms with van der Waals surface area (Å²) in [6.07, 6.45) is 8.51. The number of imidazole rings is 1. The number of aromatic nitrogens is 6. The van der Waals surface area contributed by atoms with Gasteiger partial charge in [0.25, 0.3) is 0 Å². The van der Waals surface area contributed by atoms with Crippen LogP contribution in [0.5, 0.6) is 6.01 Å². The van der Waals surface area contributed by atoms with Gasteiger partial charge in [-0.2, -0.15) is 9.97 Å². The minimum Gasteiger partial charge on any atom is -0.461 e. The zero-order valence-electron chi connectivity index (χ0n) is 31.6. The van der Waals surface area contributed by atoms with E-state index in [1.807, 2.05) is 36.6 Å². The number of imide groups is 1. The summed E-state index contributed by atoms with van der Waals surface area (Å²) < 4.78 is 14.2. The molecule has 2 saturated carbocycles. The maximum atomic E-state index is 13.4. The summed E-state index contributed by atoms with van der Waals surface area (Å²) in [6, 6.07) is 4.86. The van der Waals surface area contributed by atoms with Gasteiger partial charge in [0, 0.05) is 49.2 Å². The van der Waals surface area contributed by atoms with Gasteiger partial charge in [0.2, 0.25) is 11.8 Å². The molecule has 0 spiro atoms. The summed E-state index contributed by atoms with van der Waals surface area (Å²) in [7, 11) is -0.489. The SMILES string of the molecule is Cc1ccnc([C@H]2C[C@@H]2C(=O)Nc2cc(N[C@H](C)c3cn4cc(C5CC5)cc(N5CC(=O)N(C)C5=O)c4n3)nc(OCCO[Si](C)(C)C(C)(C)C)n2)n1. The Hall–Kier alpha value is -4.96. The minimum atomic E-state index is -1.98. The summed E-state index contributed by atoms with van der Waals surface area (Å²) in [6.45, 7) is 15.4. The second-order valence-electron chi connectivity index (χ2n) is 15.9. The van der Waals surface area contributed by atoms with E-state index in [1.54, 1.807) is 12.3 Å². The van der Waals surface area contributed by atoms with Crippen molar-refractivity contribution >= 4 is 49.1 Å². The van der Waals surface area contributed by atoms with Gasteiger partial charge in [-0.3, -0.25) is 19.4 Å². The average Bonchev–Trinajstić information content (AvgIpc) is 4.03. The summed E-state index contributed by atoms with van der Waals surface area (Å²) in [5, 5.41) is 6.43. The molecule has 1 aliphatic heterocycles. The third-order valence-electron chi connectivity index (χ3n) is 10.7. The Balaban J connectivity index is 1.12. The number of fused-ring (bicyclic) bond motifs is 1. The van der Waals surface area contributed by atoms with E-state index in [1.165, 1.54) is 11.9 Å². The van der Waals surface area contributed by atoms with Gasteiger partial charge in [-0.1, -0.05) is 20.8 Å². The Morgan fingerprint density at radius 1 is 1.06 bits per heavy atom. The first kappa shape index (κ1) is 36.4. The standard InChI is InChI=1S/C37H48N10O5Si/c1-21-11-12-38-32(39-21)25-16-26(25)34(49)42-30-17-29(43-35(44-30)51-13-14-52-53(7,8)37(3,4)5)40-22(2)27-19-46-18-24(23-9-10-23)15-28(33(46)41-27)47-20-31(48)45(6)36(47)50/h11-12,15,17-19,22-23,25-26H,9-10,13-14,16,20H2,1-8H3,(H2,40,42,43,44,49)/t22-,25+,26+/m1/s1. The number of hydrogen-bond acceptors (Lipinski definition) is 11.